The number of thiazole rings is 1. The van der Waals surface area contributed by atoms with Gasteiger partial charge in [-0.2, -0.15) is 0 Å². The van der Waals surface area contributed by atoms with Crippen LogP contribution in [0.15, 0.2) is 29.6 Å². The van der Waals surface area contributed by atoms with Crippen molar-refractivity contribution in [3.8, 4) is 0 Å². The van der Waals surface area contributed by atoms with Gasteiger partial charge in [0.15, 0.2) is 0 Å². The quantitative estimate of drug-likeness (QED) is 0.311. The number of ketones is 1. The maximum Gasteiger partial charge on any atom is 0.336 e. The van der Waals surface area contributed by atoms with Crippen LogP contribution < -0.4 is 26.4 Å². The summed E-state index contributed by atoms with van der Waals surface area (Å²) in [6.45, 7) is 2.53. The fraction of sp³-hybridized carbons (Fsp3) is 0.565. The second-order valence-electron chi connectivity index (χ2n) is 9.60. The van der Waals surface area contributed by atoms with E-state index in [0.717, 1.165) is 36.4 Å². The third-order valence-electron chi connectivity index (χ3n) is 7.74. The molecular formula is C23H26BrIN2OS. The van der Waals surface area contributed by atoms with Crippen molar-refractivity contribution in [3.05, 3.63) is 44.5 Å². The molecule has 0 N–H and O–H groups in total. The van der Waals surface area contributed by atoms with Gasteiger partial charge in [-0.1, -0.05) is 23.5 Å². The van der Waals surface area contributed by atoms with Crippen LogP contribution in [0.3, 0.4) is 0 Å². The molecule has 0 amide bonds. The average molecular weight is 585 g/mol. The van der Waals surface area contributed by atoms with Crippen LogP contribution in [0.25, 0.3) is 0 Å². The average Bonchev–Trinajstić information content (AvgIpc) is 3.24. The first kappa shape index (κ1) is 20.4. The van der Waals surface area contributed by atoms with E-state index < -0.39 is 0 Å². The highest BCUT2D eigenvalue weighted by atomic mass is 127. The minimum absolute atomic E-state index is 0. The zero-order chi connectivity index (χ0) is 18.9. The smallest absolute Gasteiger partial charge is 0.336 e. The van der Waals surface area contributed by atoms with E-state index >= 15 is 0 Å². The second kappa shape index (κ2) is 7.59. The number of nitrogens with zero attached hydrogens (tertiary/aromatic N) is 2. The van der Waals surface area contributed by atoms with Crippen molar-refractivity contribution in [3.63, 3.8) is 0 Å². The Balaban J connectivity index is 0.00000181. The Morgan fingerprint density at radius 1 is 1.10 bits per heavy atom. The zero-order valence-electron chi connectivity index (χ0n) is 16.4. The Morgan fingerprint density at radius 2 is 1.72 bits per heavy atom. The molecule has 3 nitrogen and oxygen atoms in total. The number of anilines is 1. The maximum absolute atomic E-state index is 12.8. The van der Waals surface area contributed by atoms with Crippen molar-refractivity contribution in [1.82, 2.24) is 0 Å². The van der Waals surface area contributed by atoms with E-state index in [2.05, 4.69) is 37.4 Å². The minimum Gasteiger partial charge on any atom is -1.00 e. The molecule has 29 heavy (non-hydrogen) atoms. The highest BCUT2D eigenvalue weighted by Gasteiger charge is 2.55. The summed E-state index contributed by atoms with van der Waals surface area (Å²) in [5, 5.41) is 3.76. The lowest BCUT2D eigenvalue weighted by atomic mass is 9.49. The Kier molecular flexibility index (Phi) is 5.35. The molecule has 4 saturated carbocycles. The van der Waals surface area contributed by atoms with Crippen molar-refractivity contribution in [2.75, 3.05) is 18.0 Å². The third-order valence-corrected chi connectivity index (χ3v) is 9.49. The van der Waals surface area contributed by atoms with E-state index in [1.165, 1.54) is 47.2 Å². The summed E-state index contributed by atoms with van der Waals surface area (Å²) in [4.78, 5) is 15.1. The van der Waals surface area contributed by atoms with Crippen molar-refractivity contribution < 1.29 is 26.3 Å². The molecule has 154 valence electrons. The van der Waals surface area contributed by atoms with Crippen LogP contribution in [-0.2, 0) is 12.0 Å². The summed E-state index contributed by atoms with van der Waals surface area (Å²) in [6, 6.07) is 7.97. The minimum atomic E-state index is 0. The van der Waals surface area contributed by atoms with Gasteiger partial charge in [0.25, 0.3) is 0 Å². The molecule has 5 aliphatic rings. The number of benzene rings is 1. The van der Waals surface area contributed by atoms with Gasteiger partial charge in [-0.3, -0.25) is 4.79 Å². The highest BCUT2D eigenvalue weighted by molar-refractivity contribution is 14.1. The predicted octanol–water partition coefficient (Wildman–Crippen LogP) is 1.81. The number of halogens is 2. The molecule has 0 atom stereocenters. The first-order chi connectivity index (χ1) is 13.6. The summed E-state index contributed by atoms with van der Waals surface area (Å²) < 4.78 is 3.76. The molecule has 2 heterocycles. The van der Waals surface area contributed by atoms with Crippen LogP contribution in [0.2, 0.25) is 0 Å². The van der Waals surface area contributed by atoms with E-state index in [4.69, 9.17) is 0 Å². The molecule has 0 radical (unpaired) electrons. The summed E-state index contributed by atoms with van der Waals surface area (Å²) >= 11 is 4.16. The summed E-state index contributed by atoms with van der Waals surface area (Å²) in [6.07, 6.45) is 8.72. The van der Waals surface area contributed by atoms with E-state index in [0.29, 0.717) is 12.0 Å². The number of hydrogen-bond acceptors (Lipinski definition) is 3. The fourth-order valence-corrected chi connectivity index (χ4v) is 8.57. The summed E-state index contributed by atoms with van der Waals surface area (Å²) in [5.41, 5.74) is 2.88. The Morgan fingerprint density at radius 3 is 2.34 bits per heavy atom. The van der Waals surface area contributed by atoms with Crippen molar-refractivity contribution >= 4 is 44.8 Å². The van der Waals surface area contributed by atoms with Gasteiger partial charge >= 0.3 is 5.13 Å². The van der Waals surface area contributed by atoms with Gasteiger partial charge in [0.05, 0.1) is 0 Å². The lowest BCUT2D eigenvalue weighted by Gasteiger charge is -2.55. The molecule has 1 aromatic heterocycles. The number of carbonyl (C=O) groups excluding carboxylic acids is 1. The molecule has 6 heteroatoms. The summed E-state index contributed by atoms with van der Waals surface area (Å²) in [7, 11) is 0. The number of fused-ring (bicyclic) bond motifs is 1. The van der Waals surface area contributed by atoms with E-state index in [-0.39, 0.29) is 22.8 Å². The van der Waals surface area contributed by atoms with Gasteiger partial charge in [-0.25, -0.2) is 9.47 Å². The number of carbonyl (C=O) groups is 1. The predicted molar refractivity (Wildman–Crippen MR) is 120 cm³/mol. The first-order valence-corrected chi connectivity index (χ1v) is 12.6. The Hall–Kier alpha value is -0.470. The SMILES string of the molecule is O=C(CN1CC[n+]2c(C34CC5CC(CC(C5)C3)C4)csc21)c1ccc(I)cc1.[Br-]. The van der Waals surface area contributed by atoms with Gasteiger partial charge in [0.1, 0.15) is 25.3 Å². The molecule has 1 aromatic carbocycles. The number of Topliss-reactive ketones (excluding diaryl/α,β-unsaturated/α-hetero) is 1. The Labute approximate surface area is 200 Å². The van der Waals surface area contributed by atoms with E-state index in [1.807, 2.05) is 35.6 Å². The van der Waals surface area contributed by atoms with E-state index in [1.54, 1.807) is 5.69 Å². The fourth-order valence-electron chi connectivity index (χ4n) is 7.00. The lowest BCUT2D eigenvalue weighted by molar-refractivity contribution is -0.679. The van der Waals surface area contributed by atoms with Crippen molar-refractivity contribution in [2.45, 2.75) is 50.5 Å². The topological polar surface area (TPSA) is 24.2 Å². The second-order valence-corrected chi connectivity index (χ2v) is 11.7. The van der Waals surface area contributed by atoms with Crippen LogP contribution in [0.1, 0.15) is 54.6 Å². The molecule has 2 aromatic rings. The van der Waals surface area contributed by atoms with Gasteiger partial charge in [0, 0.05) is 19.9 Å². The standard InChI is InChI=1S/C23H26IN2OS.BrH/c24-19-3-1-18(2-4-19)20(27)13-25-5-6-26-21(14-28-22(25)26)23-10-15-7-16(11-23)9-17(8-15)12-23;/h1-4,14-17H,5-13H2;1H/q+1;/p-1. The molecule has 1 aliphatic heterocycles. The van der Waals surface area contributed by atoms with Crippen molar-refractivity contribution in [1.29, 1.82) is 0 Å². The lowest BCUT2D eigenvalue weighted by Crippen LogP contribution is -3.00. The summed E-state index contributed by atoms with van der Waals surface area (Å²) in [5.74, 6) is 3.15. The molecule has 4 fully saturated rings. The van der Waals surface area contributed by atoms with E-state index in [9.17, 15) is 4.79 Å². The largest absolute Gasteiger partial charge is 1.00 e. The number of aromatic nitrogens is 1. The van der Waals surface area contributed by atoms with Gasteiger partial charge < -0.3 is 17.0 Å². The van der Waals surface area contributed by atoms with Crippen LogP contribution >= 0.6 is 33.9 Å². The van der Waals surface area contributed by atoms with Crippen LogP contribution in [0, 0.1) is 21.3 Å². The molecule has 4 aliphatic carbocycles. The molecule has 0 saturated heterocycles. The number of rotatable bonds is 4. The van der Waals surface area contributed by atoms with Gasteiger partial charge in [-0.15, -0.1) is 0 Å². The van der Waals surface area contributed by atoms with Crippen LogP contribution in [0.5, 0.6) is 0 Å². The van der Waals surface area contributed by atoms with Crippen LogP contribution in [0.4, 0.5) is 5.13 Å². The van der Waals surface area contributed by atoms with Gasteiger partial charge in [-0.05, 0) is 91.0 Å². The molecular weight excluding hydrogens is 559 g/mol. The van der Waals surface area contributed by atoms with Crippen molar-refractivity contribution in [2.24, 2.45) is 17.8 Å². The molecule has 0 spiro atoms. The maximum atomic E-state index is 12.8. The zero-order valence-corrected chi connectivity index (χ0v) is 21.0. The van der Waals surface area contributed by atoms with Crippen LogP contribution in [-0.4, -0.2) is 18.9 Å². The normalized spacial score (nSPS) is 31.6. The third kappa shape index (κ3) is 3.41. The monoisotopic (exact) mass is 584 g/mol. The molecule has 4 bridgehead atoms. The highest BCUT2D eigenvalue weighted by Crippen LogP contribution is 2.60. The molecule has 0 unspecified atom stereocenters. The number of hydrogen-bond donors (Lipinski definition) is 0. The first-order valence-electron chi connectivity index (χ1n) is 10.7. The Bertz CT molecular complexity index is 906. The van der Waals surface area contributed by atoms with Gasteiger partial charge in [0.2, 0.25) is 5.78 Å². The molecule has 7 rings (SSSR count).